The Morgan fingerprint density at radius 3 is 1.57 bits per heavy atom. The first-order chi connectivity index (χ1) is 10.8. The lowest BCUT2D eigenvalue weighted by atomic mass is 10.1. The number of ether oxygens (including phenoxy) is 1. The van der Waals surface area contributed by atoms with Gasteiger partial charge in [-0.05, 0) is 18.2 Å². The van der Waals surface area contributed by atoms with E-state index in [4.69, 9.17) is 14.9 Å². The van der Waals surface area contributed by atoms with E-state index in [1.807, 2.05) is 0 Å². The summed E-state index contributed by atoms with van der Waals surface area (Å²) in [7, 11) is 0. The molecule has 2 aromatic rings. The first-order valence-electron chi connectivity index (χ1n) is 6.13. The smallest absolute Gasteiger partial charge is 0.343 e. The highest BCUT2D eigenvalue weighted by molar-refractivity contribution is 6.00. The van der Waals surface area contributed by atoms with Gasteiger partial charge in [-0.2, -0.15) is 0 Å². The zero-order chi connectivity index (χ0) is 17.1. The fourth-order valence-corrected chi connectivity index (χ4v) is 1.79. The van der Waals surface area contributed by atoms with E-state index in [0.717, 1.165) is 36.4 Å². The summed E-state index contributed by atoms with van der Waals surface area (Å²) in [5, 5.41) is 36.5. The van der Waals surface area contributed by atoms with E-state index in [9.17, 15) is 24.6 Å². The lowest BCUT2D eigenvalue weighted by molar-refractivity contribution is 0.0696. The molecule has 23 heavy (non-hydrogen) atoms. The van der Waals surface area contributed by atoms with Crippen molar-refractivity contribution in [1.82, 2.24) is 0 Å². The van der Waals surface area contributed by atoms with E-state index in [1.54, 1.807) is 0 Å². The maximum atomic E-state index is 12.0. The van der Waals surface area contributed by atoms with Gasteiger partial charge in [0.25, 0.3) is 0 Å². The Bertz CT molecular complexity index is 757. The predicted molar refractivity (Wildman–Crippen MR) is 75.1 cm³/mol. The molecule has 0 saturated carbocycles. The minimum Gasteiger partial charge on any atom is -0.508 e. The number of rotatable bonds is 4. The minimum atomic E-state index is -1.41. The normalized spacial score (nSPS) is 10.1. The van der Waals surface area contributed by atoms with Crippen LogP contribution in [0.2, 0.25) is 0 Å². The first-order valence-corrected chi connectivity index (χ1v) is 6.13. The fraction of sp³-hybridized carbons (Fsp3) is 0. The number of carbonyl (C=O) groups excluding carboxylic acids is 1. The number of benzene rings is 2. The molecule has 0 radical (unpaired) electrons. The highest BCUT2D eigenvalue weighted by Gasteiger charge is 2.17. The molecule has 0 aromatic heterocycles. The molecule has 2 aromatic carbocycles. The Kier molecular flexibility index (Phi) is 4.17. The number of phenolic OH excluding ortho intramolecular Hbond substituents is 2. The van der Waals surface area contributed by atoms with Gasteiger partial charge in [0.15, 0.2) is 0 Å². The Hall–Kier alpha value is -3.55. The third kappa shape index (κ3) is 3.76. The molecule has 0 heterocycles. The van der Waals surface area contributed by atoms with Gasteiger partial charge in [0.2, 0.25) is 0 Å². The van der Waals surface area contributed by atoms with Crippen LogP contribution in [0, 0.1) is 0 Å². The SMILES string of the molecule is O=C(O)c1cc(C(=O)O)cc(C(=O)Oc2cc(O)cc(O)c2)c1. The Morgan fingerprint density at radius 2 is 1.13 bits per heavy atom. The van der Waals surface area contributed by atoms with Crippen LogP contribution in [0.15, 0.2) is 36.4 Å². The highest BCUT2D eigenvalue weighted by Crippen LogP contribution is 2.26. The second-order valence-electron chi connectivity index (χ2n) is 4.48. The molecule has 8 nitrogen and oxygen atoms in total. The Balaban J connectivity index is 2.38. The maximum Gasteiger partial charge on any atom is 0.343 e. The number of carboxylic acids is 2. The van der Waals surface area contributed by atoms with Crippen LogP contribution >= 0.6 is 0 Å². The topological polar surface area (TPSA) is 141 Å². The molecule has 0 aliphatic carbocycles. The third-order valence-corrected chi connectivity index (χ3v) is 2.75. The molecule has 0 saturated heterocycles. The van der Waals surface area contributed by atoms with Crippen LogP contribution in [0.4, 0.5) is 0 Å². The Morgan fingerprint density at radius 1 is 0.696 bits per heavy atom. The summed E-state index contributed by atoms with van der Waals surface area (Å²) in [6.07, 6.45) is 0. The summed E-state index contributed by atoms with van der Waals surface area (Å²) in [6.45, 7) is 0. The number of phenols is 2. The van der Waals surface area contributed by atoms with E-state index >= 15 is 0 Å². The molecule has 0 aliphatic heterocycles. The van der Waals surface area contributed by atoms with Gasteiger partial charge in [0.05, 0.1) is 16.7 Å². The van der Waals surface area contributed by atoms with Gasteiger partial charge in [0, 0.05) is 18.2 Å². The van der Waals surface area contributed by atoms with Crippen LogP contribution in [0.25, 0.3) is 0 Å². The number of aromatic hydroxyl groups is 2. The van der Waals surface area contributed by atoms with Crippen molar-refractivity contribution in [2.24, 2.45) is 0 Å². The average molecular weight is 318 g/mol. The molecule has 4 N–H and O–H groups in total. The number of hydrogen-bond acceptors (Lipinski definition) is 6. The van der Waals surface area contributed by atoms with Crippen LogP contribution in [-0.4, -0.2) is 38.3 Å². The quantitative estimate of drug-likeness (QED) is 0.493. The summed E-state index contributed by atoms with van der Waals surface area (Å²) >= 11 is 0. The van der Waals surface area contributed by atoms with E-state index in [-0.39, 0.29) is 22.8 Å². The van der Waals surface area contributed by atoms with Gasteiger partial charge < -0.3 is 25.2 Å². The van der Waals surface area contributed by atoms with Crippen molar-refractivity contribution < 1.29 is 39.5 Å². The van der Waals surface area contributed by atoms with Crippen molar-refractivity contribution in [3.63, 3.8) is 0 Å². The van der Waals surface area contributed by atoms with Crippen molar-refractivity contribution in [1.29, 1.82) is 0 Å². The van der Waals surface area contributed by atoms with Crippen molar-refractivity contribution >= 4 is 17.9 Å². The molecule has 0 fully saturated rings. The summed E-state index contributed by atoms with van der Waals surface area (Å²) in [5.74, 6) is -4.74. The van der Waals surface area contributed by atoms with E-state index < -0.39 is 29.0 Å². The van der Waals surface area contributed by atoms with Gasteiger partial charge in [-0.3, -0.25) is 0 Å². The number of carbonyl (C=O) groups is 3. The van der Waals surface area contributed by atoms with Gasteiger partial charge in [-0.1, -0.05) is 0 Å². The molecule has 0 spiro atoms. The standard InChI is InChI=1S/C15H10O8/c16-10-4-11(17)6-12(5-10)23-15(22)9-2-7(13(18)19)1-8(3-9)14(20)21/h1-6,16-17H,(H,18,19)(H,20,21). The van der Waals surface area contributed by atoms with E-state index in [2.05, 4.69) is 0 Å². The van der Waals surface area contributed by atoms with Crippen molar-refractivity contribution in [2.75, 3.05) is 0 Å². The monoisotopic (exact) mass is 318 g/mol. The van der Waals surface area contributed by atoms with Crippen LogP contribution in [0.5, 0.6) is 17.2 Å². The summed E-state index contributed by atoms with van der Waals surface area (Å²) in [5.41, 5.74) is -1.09. The molecular weight excluding hydrogens is 308 g/mol. The zero-order valence-electron chi connectivity index (χ0n) is 11.4. The summed E-state index contributed by atoms with van der Waals surface area (Å²) < 4.78 is 4.89. The Labute approximate surface area is 128 Å². The van der Waals surface area contributed by atoms with E-state index in [1.165, 1.54) is 0 Å². The molecule has 0 unspecified atom stereocenters. The van der Waals surface area contributed by atoms with Crippen LogP contribution in [0.1, 0.15) is 31.1 Å². The van der Waals surface area contributed by atoms with Gasteiger partial charge in [-0.15, -0.1) is 0 Å². The maximum absolute atomic E-state index is 12.0. The summed E-state index contributed by atoms with van der Waals surface area (Å²) in [4.78, 5) is 34.0. The third-order valence-electron chi connectivity index (χ3n) is 2.75. The summed E-state index contributed by atoms with van der Waals surface area (Å²) in [6, 6.07) is 5.94. The molecule has 118 valence electrons. The van der Waals surface area contributed by atoms with Crippen LogP contribution < -0.4 is 4.74 Å². The minimum absolute atomic E-state index is 0.190. The molecule has 0 atom stereocenters. The lowest BCUT2D eigenvalue weighted by Crippen LogP contribution is -2.12. The molecule has 0 bridgehead atoms. The highest BCUT2D eigenvalue weighted by atomic mass is 16.5. The van der Waals surface area contributed by atoms with Gasteiger partial charge >= 0.3 is 17.9 Å². The molecule has 0 aliphatic rings. The molecule has 0 amide bonds. The zero-order valence-corrected chi connectivity index (χ0v) is 11.4. The second-order valence-corrected chi connectivity index (χ2v) is 4.48. The average Bonchev–Trinajstić information content (AvgIpc) is 2.45. The largest absolute Gasteiger partial charge is 0.508 e. The molecule has 8 heteroatoms. The second kappa shape index (κ2) is 6.06. The number of aromatic carboxylic acids is 2. The van der Waals surface area contributed by atoms with Crippen molar-refractivity contribution in [3.8, 4) is 17.2 Å². The predicted octanol–water partition coefficient (Wildman–Crippen LogP) is 1.71. The lowest BCUT2D eigenvalue weighted by Gasteiger charge is -2.07. The van der Waals surface area contributed by atoms with Gasteiger partial charge in [0.1, 0.15) is 17.2 Å². The first kappa shape index (κ1) is 15.8. The fourth-order valence-electron chi connectivity index (χ4n) is 1.79. The van der Waals surface area contributed by atoms with Crippen LogP contribution in [-0.2, 0) is 0 Å². The number of carboxylic acid groups (broad SMARTS) is 2. The van der Waals surface area contributed by atoms with Crippen molar-refractivity contribution in [3.05, 3.63) is 53.1 Å². The number of esters is 1. The van der Waals surface area contributed by atoms with E-state index in [0.29, 0.717) is 0 Å². The van der Waals surface area contributed by atoms with Gasteiger partial charge in [-0.25, -0.2) is 14.4 Å². The molecular formula is C15H10O8. The number of hydrogen-bond donors (Lipinski definition) is 4. The molecule has 2 rings (SSSR count). The van der Waals surface area contributed by atoms with Crippen LogP contribution in [0.3, 0.4) is 0 Å². The van der Waals surface area contributed by atoms with Crippen molar-refractivity contribution in [2.45, 2.75) is 0 Å².